The van der Waals surface area contributed by atoms with Crippen LogP contribution >= 0.6 is 12.0 Å². The first kappa shape index (κ1) is 10.3. The lowest BCUT2D eigenvalue weighted by Gasteiger charge is -2.10. The fraction of sp³-hybridized carbons (Fsp3) is 0.300. The largest absolute Gasteiger partial charge is 0.305 e. The molecule has 0 aromatic heterocycles. The minimum absolute atomic E-state index is 0.0234. The molecule has 86 valence electrons. The number of ketones is 1. The third kappa shape index (κ3) is 3.32. The van der Waals surface area contributed by atoms with Crippen molar-refractivity contribution in [1.82, 2.24) is 0 Å². The molecule has 0 bridgehead atoms. The summed E-state index contributed by atoms with van der Waals surface area (Å²) in [6, 6.07) is 2.88. The Hall–Kier alpha value is -0.875. The van der Waals surface area contributed by atoms with Crippen molar-refractivity contribution < 1.29 is 17.8 Å². The highest BCUT2D eigenvalue weighted by Gasteiger charge is 2.17. The van der Waals surface area contributed by atoms with Crippen LogP contribution in [0.2, 0.25) is 0 Å². The topological polar surface area (TPSA) is 26.3 Å². The monoisotopic (exact) mass is 247 g/mol. The molecule has 1 aromatic rings. The molecular formula is C10H11BF2O2S. The second-order valence-electron chi connectivity index (χ2n) is 3.02. The molecule has 16 heavy (non-hydrogen) atoms. The Morgan fingerprint density at radius 2 is 2.50 bits per heavy atom. The Kier molecular flexibility index (Phi) is 3.86. The SMILES string of the molecule is [2H]B([3H])CSO[C@H](C)C(=O)c1ccc(F)c(F)c1. The van der Waals surface area contributed by atoms with Crippen LogP contribution in [0.15, 0.2) is 18.2 Å². The lowest BCUT2D eigenvalue weighted by Crippen LogP contribution is -2.18. The molecule has 0 saturated heterocycles. The molecule has 0 aliphatic heterocycles. The van der Waals surface area contributed by atoms with Gasteiger partial charge in [0.1, 0.15) is 13.9 Å². The Labute approximate surface area is 101 Å². The molecule has 1 atom stereocenters. The smallest absolute Gasteiger partial charge is 0.192 e. The third-order valence-corrected chi connectivity index (χ3v) is 2.41. The fourth-order valence-corrected chi connectivity index (χ4v) is 1.44. The van der Waals surface area contributed by atoms with Crippen LogP contribution in [0.5, 0.6) is 0 Å². The third-order valence-electron chi connectivity index (χ3n) is 1.85. The van der Waals surface area contributed by atoms with Gasteiger partial charge < -0.3 is 4.18 Å². The van der Waals surface area contributed by atoms with Crippen molar-refractivity contribution in [2.45, 2.75) is 13.0 Å². The number of halogens is 2. The van der Waals surface area contributed by atoms with E-state index in [0.29, 0.717) is 0 Å². The Balaban J connectivity index is 2.60. The Bertz CT molecular complexity index is 434. The van der Waals surface area contributed by atoms with E-state index >= 15 is 0 Å². The van der Waals surface area contributed by atoms with E-state index in [1.54, 1.807) is 0 Å². The van der Waals surface area contributed by atoms with Gasteiger partial charge in [-0.3, -0.25) is 4.79 Å². The highest BCUT2D eigenvalue weighted by atomic mass is 32.2. The van der Waals surface area contributed by atoms with E-state index in [1.807, 2.05) is 0 Å². The van der Waals surface area contributed by atoms with Crippen molar-refractivity contribution >= 4 is 25.6 Å². The first-order valence-electron chi connectivity index (χ1n) is 5.69. The number of carbonyl (C=O) groups excluding carboxylic acids is 1. The molecule has 1 rings (SSSR count). The second-order valence-corrected chi connectivity index (χ2v) is 3.78. The highest BCUT2D eigenvalue weighted by molar-refractivity contribution is 7.95. The number of hydrogen-bond acceptors (Lipinski definition) is 3. The summed E-state index contributed by atoms with van der Waals surface area (Å²) >= 11 is 0.836. The van der Waals surface area contributed by atoms with Crippen molar-refractivity contribution in [3.63, 3.8) is 0 Å². The van der Waals surface area contributed by atoms with Crippen molar-refractivity contribution in [3.05, 3.63) is 35.4 Å². The number of hydrogen-bond donors (Lipinski definition) is 0. The van der Waals surface area contributed by atoms with Gasteiger partial charge in [0, 0.05) is 5.56 Å². The number of benzene rings is 1. The maximum atomic E-state index is 12.9. The van der Waals surface area contributed by atoms with Gasteiger partial charge in [-0.05, 0) is 45.5 Å². The van der Waals surface area contributed by atoms with Crippen LogP contribution < -0.4 is 0 Å². The quantitative estimate of drug-likeness (QED) is 0.435. The summed E-state index contributed by atoms with van der Waals surface area (Å²) in [6.45, 7) is 1.47. The molecule has 0 spiro atoms. The molecule has 0 aliphatic rings. The minimum atomic E-state index is -1.09. The van der Waals surface area contributed by atoms with Crippen LogP contribution in [0.3, 0.4) is 0 Å². The average Bonchev–Trinajstić information content (AvgIpc) is 2.31. The lowest BCUT2D eigenvalue weighted by molar-refractivity contribution is 0.0846. The van der Waals surface area contributed by atoms with Crippen molar-refractivity contribution in [1.29, 1.82) is 2.67 Å². The Morgan fingerprint density at radius 3 is 3.12 bits per heavy atom. The first-order chi connectivity index (χ1) is 8.41. The molecule has 0 N–H and O–H groups in total. The molecule has 0 fully saturated rings. The van der Waals surface area contributed by atoms with E-state index in [9.17, 15) is 13.6 Å². The molecule has 6 heteroatoms. The number of carbonyl (C=O) groups is 1. The second kappa shape index (κ2) is 6.01. The van der Waals surface area contributed by atoms with Crippen molar-refractivity contribution in [2.75, 3.05) is 5.65 Å². The van der Waals surface area contributed by atoms with Gasteiger partial charge >= 0.3 is 0 Å². The van der Waals surface area contributed by atoms with Gasteiger partial charge in [-0.1, -0.05) is 0 Å². The first-order valence-corrected chi connectivity index (χ1v) is 5.45. The molecule has 0 unspecified atom stereocenters. The van der Waals surface area contributed by atoms with E-state index in [1.165, 1.54) is 13.0 Å². The van der Waals surface area contributed by atoms with Crippen LogP contribution in [0.1, 0.15) is 17.3 Å². The zero-order chi connectivity index (χ0) is 13.7. The summed E-state index contributed by atoms with van der Waals surface area (Å²) in [6.07, 6.45) is -0.849. The van der Waals surface area contributed by atoms with Gasteiger partial charge in [-0.15, -0.1) is 0 Å². The predicted octanol–water partition coefficient (Wildman–Crippen LogP) is 1.79. The van der Waals surface area contributed by atoms with Gasteiger partial charge in [0.05, 0.1) is 0 Å². The average molecular weight is 247 g/mol. The van der Waals surface area contributed by atoms with Crippen LogP contribution in [0.25, 0.3) is 0 Å². The summed E-state index contributed by atoms with van der Waals surface area (Å²) in [5, 5.41) is 0. The van der Waals surface area contributed by atoms with Gasteiger partial charge in [-0.2, -0.15) is 0 Å². The number of Topliss-reactive ketones (excluding diaryl/α,β-unsaturated/α-hetero) is 1. The molecule has 0 aliphatic carbocycles. The summed E-state index contributed by atoms with van der Waals surface area (Å²) in [5.74, 6) is -2.58. The highest BCUT2D eigenvalue weighted by Crippen LogP contribution is 2.14. The molecular weight excluding hydrogens is 233 g/mol. The maximum absolute atomic E-state index is 12.9. The van der Waals surface area contributed by atoms with Crippen LogP contribution in [0, 0.1) is 11.6 Å². The zero-order valence-electron chi connectivity index (χ0n) is 10.6. The fourth-order valence-electron chi connectivity index (χ4n) is 1.07. The van der Waals surface area contributed by atoms with E-state index in [2.05, 4.69) is 0 Å². The predicted molar refractivity (Wildman–Crippen MR) is 62.2 cm³/mol. The van der Waals surface area contributed by atoms with E-state index in [0.717, 1.165) is 24.2 Å². The standard InChI is InChI=1S/C10H11BF2O2S/c1-6(15-16-5-11)10(14)7-2-3-8(12)9(13)4-7/h2-4,6H,5,11H2,1H3/t6-/m1/s1/i11TD. The number of rotatable bonds is 6. The van der Waals surface area contributed by atoms with Crippen LogP contribution in [0.4, 0.5) is 8.78 Å². The van der Waals surface area contributed by atoms with Crippen LogP contribution in [-0.2, 0) is 4.18 Å². The minimum Gasteiger partial charge on any atom is -0.305 e. The van der Waals surface area contributed by atoms with Gasteiger partial charge in [0.25, 0.3) is 0 Å². The Morgan fingerprint density at radius 1 is 1.75 bits per heavy atom. The summed E-state index contributed by atoms with van der Waals surface area (Å²) in [7, 11) is -1.04. The normalized spacial score (nSPS) is 13.9. The van der Waals surface area contributed by atoms with E-state index in [4.69, 9.17) is 6.85 Å². The van der Waals surface area contributed by atoms with Crippen molar-refractivity contribution in [3.8, 4) is 0 Å². The van der Waals surface area contributed by atoms with Gasteiger partial charge in [0.2, 0.25) is 0 Å². The van der Waals surface area contributed by atoms with E-state index in [-0.39, 0.29) is 11.2 Å². The van der Waals surface area contributed by atoms with Crippen molar-refractivity contribution in [2.24, 2.45) is 0 Å². The lowest BCUT2D eigenvalue weighted by atomic mass is 10.1. The van der Waals surface area contributed by atoms with E-state index < -0.39 is 31.3 Å². The summed E-state index contributed by atoms with van der Waals surface area (Å²) < 4.78 is 44.5. The summed E-state index contributed by atoms with van der Waals surface area (Å²) in [5.41, 5.74) is 0.130. The van der Waals surface area contributed by atoms with Crippen LogP contribution in [-0.4, -0.2) is 28.0 Å². The maximum Gasteiger partial charge on any atom is 0.192 e. The molecule has 1 aromatic carbocycles. The van der Waals surface area contributed by atoms with Gasteiger partial charge in [0.15, 0.2) is 17.4 Å². The molecule has 2 nitrogen and oxygen atoms in total. The molecule has 0 radical (unpaired) electrons. The summed E-state index contributed by atoms with van der Waals surface area (Å²) in [4.78, 5) is 11.8. The van der Waals surface area contributed by atoms with Gasteiger partial charge in [-0.25, -0.2) is 8.78 Å². The zero-order valence-corrected chi connectivity index (χ0v) is 9.39. The molecule has 0 heterocycles. The molecule has 0 saturated carbocycles. The molecule has 0 amide bonds.